The number of carboxylic acids is 1. The first-order valence-electron chi connectivity index (χ1n) is 5.69. The van der Waals surface area contributed by atoms with Crippen molar-refractivity contribution in [2.75, 3.05) is 20.8 Å². The molecule has 0 aromatic carbocycles. The lowest BCUT2D eigenvalue weighted by atomic mass is 10.2. The second-order valence-electron chi connectivity index (χ2n) is 4.04. The number of carboxylic acid groups (broad SMARTS) is 1. The maximum absolute atomic E-state index is 11.7. The Hall–Kier alpha value is -1.30. The van der Waals surface area contributed by atoms with Crippen LogP contribution in [0.5, 0.6) is 0 Å². The van der Waals surface area contributed by atoms with E-state index in [1.165, 1.54) is 12.0 Å². The molecular formula is C11H22N2O4. The number of rotatable bonds is 7. The summed E-state index contributed by atoms with van der Waals surface area (Å²) in [6.45, 7) is 3.92. The molecule has 0 aliphatic heterocycles. The first-order chi connectivity index (χ1) is 7.93. The molecule has 0 bridgehead atoms. The molecule has 0 fully saturated rings. The fraction of sp³-hybridized carbons (Fsp3) is 0.818. The summed E-state index contributed by atoms with van der Waals surface area (Å²) in [5.41, 5.74) is 0. The zero-order valence-corrected chi connectivity index (χ0v) is 10.9. The quantitative estimate of drug-likeness (QED) is 0.700. The number of hydrogen-bond donors (Lipinski definition) is 2. The molecule has 2 unspecified atom stereocenters. The highest BCUT2D eigenvalue weighted by Crippen LogP contribution is 2.04. The van der Waals surface area contributed by atoms with E-state index in [0.29, 0.717) is 0 Å². The van der Waals surface area contributed by atoms with Crippen LogP contribution in [-0.4, -0.2) is 54.9 Å². The largest absolute Gasteiger partial charge is 0.480 e. The summed E-state index contributed by atoms with van der Waals surface area (Å²) in [5.74, 6) is -1.10. The molecule has 0 aliphatic rings. The van der Waals surface area contributed by atoms with Crippen LogP contribution in [0.25, 0.3) is 0 Å². The van der Waals surface area contributed by atoms with Crippen LogP contribution >= 0.6 is 0 Å². The Morgan fingerprint density at radius 1 is 1.47 bits per heavy atom. The summed E-state index contributed by atoms with van der Waals surface area (Å²) < 4.78 is 4.74. The molecule has 0 radical (unpaired) electrons. The van der Waals surface area contributed by atoms with Gasteiger partial charge in [-0.3, -0.25) is 0 Å². The van der Waals surface area contributed by atoms with E-state index in [-0.39, 0.29) is 12.6 Å². The van der Waals surface area contributed by atoms with Crippen molar-refractivity contribution in [3.8, 4) is 0 Å². The third-order valence-corrected chi connectivity index (χ3v) is 2.62. The Labute approximate surface area is 102 Å². The Morgan fingerprint density at radius 3 is 2.47 bits per heavy atom. The van der Waals surface area contributed by atoms with Crippen molar-refractivity contribution in [2.24, 2.45) is 0 Å². The van der Waals surface area contributed by atoms with Gasteiger partial charge in [-0.2, -0.15) is 0 Å². The summed E-state index contributed by atoms with van der Waals surface area (Å²) in [4.78, 5) is 24.1. The maximum atomic E-state index is 11.7. The van der Waals surface area contributed by atoms with Crippen molar-refractivity contribution in [3.63, 3.8) is 0 Å². The molecule has 0 heterocycles. The Balaban J connectivity index is 4.34. The van der Waals surface area contributed by atoms with Crippen LogP contribution in [0.2, 0.25) is 0 Å². The van der Waals surface area contributed by atoms with E-state index in [2.05, 4.69) is 5.32 Å². The topological polar surface area (TPSA) is 78.9 Å². The number of amides is 2. The van der Waals surface area contributed by atoms with Crippen LogP contribution in [0.1, 0.15) is 26.7 Å². The molecule has 0 aromatic heterocycles. The lowest BCUT2D eigenvalue weighted by Gasteiger charge is -2.26. The zero-order valence-electron chi connectivity index (χ0n) is 10.9. The van der Waals surface area contributed by atoms with E-state index < -0.39 is 18.0 Å². The molecule has 2 N–H and O–H groups in total. The van der Waals surface area contributed by atoms with Gasteiger partial charge in [-0.1, -0.05) is 13.3 Å². The average Bonchev–Trinajstić information content (AvgIpc) is 2.27. The van der Waals surface area contributed by atoms with Gasteiger partial charge in [-0.05, 0) is 13.3 Å². The average molecular weight is 246 g/mol. The van der Waals surface area contributed by atoms with E-state index in [4.69, 9.17) is 9.84 Å². The molecule has 0 rings (SSSR count). The summed E-state index contributed by atoms with van der Waals surface area (Å²) in [6.07, 6.45) is 1.85. The van der Waals surface area contributed by atoms with Crippen LogP contribution in [0.15, 0.2) is 0 Å². The highest BCUT2D eigenvalue weighted by Gasteiger charge is 2.23. The van der Waals surface area contributed by atoms with E-state index in [1.54, 1.807) is 7.05 Å². The van der Waals surface area contributed by atoms with Crippen molar-refractivity contribution >= 4 is 12.0 Å². The number of carbonyl (C=O) groups excluding carboxylic acids is 1. The van der Waals surface area contributed by atoms with Crippen molar-refractivity contribution in [1.29, 1.82) is 0 Å². The van der Waals surface area contributed by atoms with Gasteiger partial charge >= 0.3 is 12.0 Å². The van der Waals surface area contributed by atoms with Crippen molar-refractivity contribution < 1.29 is 19.4 Å². The zero-order chi connectivity index (χ0) is 13.4. The van der Waals surface area contributed by atoms with Crippen molar-refractivity contribution in [1.82, 2.24) is 10.2 Å². The lowest BCUT2D eigenvalue weighted by molar-refractivity contribution is -0.140. The highest BCUT2D eigenvalue weighted by atomic mass is 16.5. The second-order valence-corrected chi connectivity index (χ2v) is 4.04. The number of hydrogen-bond acceptors (Lipinski definition) is 3. The first kappa shape index (κ1) is 15.7. The van der Waals surface area contributed by atoms with Gasteiger partial charge in [0.1, 0.15) is 0 Å². The van der Waals surface area contributed by atoms with Gasteiger partial charge in [0.15, 0.2) is 6.04 Å². The highest BCUT2D eigenvalue weighted by molar-refractivity contribution is 5.82. The number of aliphatic carboxylic acids is 1. The molecule has 17 heavy (non-hydrogen) atoms. The summed E-state index contributed by atoms with van der Waals surface area (Å²) >= 11 is 0. The van der Waals surface area contributed by atoms with Gasteiger partial charge in [0.25, 0.3) is 0 Å². The van der Waals surface area contributed by atoms with Crippen LogP contribution in [0, 0.1) is 0 Å². The molecule has 0 spiro atoms. The smallest absolute Gasteiger partial charge is 0.328 e. The fourth-order valence-corrected chi connectivity index (χ4v) is 1.40. The molecule has 6 nitrogen and oxygen atoms in total. The summed E-state index contributed by atoms with van der Waals surface area (Å²) in [7, 11) is 3.05. The van der Waals surface area contributed by atoms with Gasteiger partial charge < -0.3 is 20.1 Å². The SMILES string of the molecule is CCCC(C)N(C)C(=O)NC(COC)C(=O)O. The molecule has 100 valence electrons. The number of ether oxygens (including phenoxy) is 1. The monoisotopic (exact) mass is 246 g/mol. The van der Waals surface area contributed by atoms with E-state index >= 15 is 0 Å². The van der Waals surface area contributed by atoms with Crippen molar-refractivity contribution in [2.45, 2.75) is 38.8 Å². The Bertz CT molecular complexity index is 258. The molecule has 0 aliphatic carbocycles. The van der Waals surface area contributed by atoms with E-state index in [9.17, 15) is 9.59 Å². The predicted molar refractivity (Wildman–Crippen MR) is 64.0 cm³/mol. The van der Waals surface area contributed by atoms with Gasteiger partial charge in [0, 0.05) is 20.2 Å². The standard InChI is InChI=1S/C11H22N2O4/c1-5-6-8(2)13(3)11(16)12-9(7-17-4)10(14)15/h8-9H,5-7H2,1-4H3,(H,12,16)(H,14,15). The molecule has 6 heteroatoms. The van der Waals surface area contributed by atoms with Crippen LogP contribution < -0.4 is 5.32 Å². The first-order valence-corrected chi connectivity index (χ1v) is 5.69. The number of methoxy groups -OCH3 is 1. The van der Waals surface area contributed by atoms with Crippen molar-refractivity contribution in [3.05, 3.63) is 0 Å². The minimum absolute atomic E-state index is 0.0446. The molecule has 2 amide bonds. The third kappa shape index (κ3) is 5.53. The molecule has 2 atom stereocenters. The normalized spacial score (nSPS) is 13.9. The third-order valence-electron chi connectivity index (χ3n) is 2.62. The maximum Gasteiger partial charge on any atom is 0.328 e. The van der Waals surface area contributed by atoms with Gasteiger partial charge in [0.05, 0.1) is 6.61 Å². The Morgan fingerprint density at radius 2 is 2.06 bits per heavy atom. The lowest BCUT2D eigenvalue weighted by Crippen LogP contribution is -2.50. The van der Waals surface area contributed by atoms with Gasteiger partial charge in [-0.25, -0.2) is 9.59 Å². The number of nitrogens with one attached hydrogen (secondary N) is 1. The Kier molecular flexibility index (Phi) is 7.29. The second kappa shape index (κ2) is 7.89. The van der Waals surface area contributed by atoms with Crippen LogP contribution in [0.4, 0.5) is 4.79 Å². The van der Waals surface area contributed by atoms with E-state index in [0.717, 1.165) is 12.8 Å². The van der Waals surface area contributed by atoms with Crippen LogP contribution in [-0.2, 0) is 9.53 Å². The molecule has 0 aromatic rings. The van der Waals surface area contributed by atoms with E-state index in [1.807, 2.05) is 13.8 Å². The summed E-state index contributed by atoms with van der Waals surface area (Å²) in [5, 5.41) is 11.3. The number of nitrogens with zero attached hydrogens (tertiary/aromatic N) is 1. The van der Waals surface area contributed by atoms with Gasteiger partial charge in [-0.15, -0.1) is 0 Å². The minimum atomic E-state index is -1.10. The predicted octanol–water partition coefficient (Wildman–Crippen LogP) is 0.916. The molecular weight excluding hydrogens is 224 g/mol. The molecule has 0 saturated carbocycles. The number of urea groups is 1. The van der Waals surface area contributed by atoms with Gasteiger partial charge in [0.2, 0.25) is 0 Å². The molecule has 0 saturated heterocycles. The number of carbonyl (C=O) groups is 2. The summed E-state index contributed by atoms with van der Waals surface area (Å²) in [6, 6.07) is -1.32. The van der Waals surface area contributed by atoms with Crippen LogP contribution in [0.3, 0.4) is 0 Å². The fourth-order valence-electron chi connectivity index (χ4n) is 1.40. The minimum Gasteiger partial charge on any atom is -0.480 e.